The van der Waals surface area contributed by atoms with Crippen LogP contribution in [0.2, 0.25) is 82.6 Å². The van der Waals surface area contributed by atoms with E-state index < -0.39 is 55.7 Å². The largest absolute Gasteiger partial charge is 0.401 e. The molecule has 0 bridgehead atoms. The maximum absolute atomic E-state index is 7.55. The van der Waals surface area contributed by atoms with E-state index in [9.17, 15) is 0 Å². The highest BCUT2D eigenvalue weighted by atomic mass is 35.5. The topological polar surface area (TPSA) is 36.9 Å². The molecule has 10 heteroatoms. The first-order valence-electron chi connectivity index (χ1n) is 38.0. The molecule has 6 aromatic rings. The molecule has 4 aliphatic rings. The first-order chi connectivity index (χ1) is 47.6. The van der Waals surface area contributed by atoms with Gasteiger partial charge in [0, 0.05) is 31.7 Å². The Morgan fingerprint density at radius 2 is 0.360 bits per heavy atom. The number of hydrogen-bond donors (Lipinski definition) is 0. The molecule has 0 unspecified atom stereocenters. The summed E-state index contributed by atoms with van der Waals surface area (Å²) in [4.78, 5) is 0. The Kier molecular flexibility index (Phi) is 25.1. The molecular formula is C90H118Cl2O4Si4. The molecule has 0 N–H and O–H groups in total. The van der Waals surface area contributed by atoms with Crippen LogP contribution in [-0.2, 0) is 61.8 Å². The normalized spacial score (nSPS) is 26.4. The fourth-order valence-corrected chi connectivity index (χ4v) is 27.5. The van der Waals surface area contributed by atoms with Crippen molar-refractivity contribution in [3.63, 3.8) is 0 Å². The van der Waals surface area contributed by atoms with Gasteiger partial charge in [-0.25, -0.2) is 0 Å². The monoisotopic (exact) mass is 1440 g/mol. The molecule has 0 aliphatic heterocycles. The third-order valence-electron chi connectivity index (χ3n) is 24.5. The fraction of sp³-hybridized carbons (Fsp3) is 0.422. The van der Waals surface area contributed by atoms with Gasteiger partial charge in [-0.15, -0.1) is 0 Å². The van der Waals surface area contributed by atoms with Gasteiger partial charge in [0.25, 0.3) is 0 Å². The predicted octanol–water partition coefficient (Wildman–Crippen LogP) is 26.5. The highest BCUT2D eigenvalue weighted by molar-refractivity contribution is 6.75. The van der Waals surface area contributed by atoms with Gasteiger partial charge in [0.05, 0.1) is 0 Å². The number of halogens is 2. The van der Waals surface area contributed by atoms with Crippen molar-refractivity contribution in [3.8, 4) is 0 Å². The highest BCUT2D eigenvalue weighted by Gasteiger charge is 2.49. The molecule has 532 valence electrons. The van der Waals surface area contributed by atoms with Gasteiger partial charge in [0.2, 0.25) is 0 Å². The van der Waals surface area contributed by atoms with Crippen molar-refractivity contribution in [3.05, 3.63) is 308 Å². The lowest BCUT2D eigenvalue weighted by molar-refractivity contribution is 0.121. The SMILES string of the molecule is CC[Si](CC)(CC)OC1(c2ccc(C)cc2)C=CC(O[Si](CC)(CC)CC)(c2ccc(C3(C)C=CC(C)(c4ccc(C)cc4)C=C3)cc2)C=C1.CC[Si](CC)(CC)OC1(c2ccc(Cl)cc2)C=CC(O[Si](CC)(CC)CC)(c2ccc(C3(C)C=CC(C)(c4ccc(Cl)cc4)C=C3)cc2)C=C1. The van der Waals surface area contributed by atoms with Crippen LogP contribution >= 0.6 is 23.2 Å². The molecule has 0 atom stereocenters. The molecule has 4 aliphatic carbocycles. The van der Waals surface area contributed by atoms with Crippen molar-refractivity contribution in [2.75, 3.05) is 0 Å². The second-order valence-electron chi connectivity index (χ2n) is 30.3. The summed E-state index contributed by atoms with van der Waals surface area (Å²) in [5, 5.41) is 1.49. The zero-order chi connectivity index (χ0) is 72.5. The van der Waals surface area contributed by atoms with Crippen molar-refractivity contribution >= 4 is 56.5 Å². The van der Waals surface area contributed by atoms with Crippen LogP contribution in [0.4, 0.5) is 0 Å². The molecule has 4 nitrogen and oxygen atoms in total. The van der Waals surface area contributed by atoms with Crippen LogP contribution in [0.1, 0.15) is 166 Å². The summed E-state index contributed by atoms with van der Waals surface area (Å²) in [7, 11) is -8.09. The zero-order valence-electron chi connectivity index (χ0n) is 64.0. The van der Waals surface area contributed by atoms with Crippen LogP contribution in [0.5, 0.6) is 0 Å². The van der Waals surface area contributed by atoms with Crippen LogP contribution in [0.25, 0.3) is 0 Å². The number of rotatable bonds is 28. The molecule has 0 amide bonds. The summed E-state index contributed by atoms with van der Waals surface area (Å²) in [6, 6.07) is 65.6. The van der Waals surface area contributed by atoms with Gasteiger partial charge in [-0.2, -0.15) is 0 Å². The summed E-state index contributed by atoms with van der Waals surface area (Å²) < 4.78 is 29.9. The maximum Gasteiger partial charge on any atom is 0.194 e. The molecule has 0 aromatic heterocycles. The van der Waals surface area contributed by atoms with Gasteiger partial charge in [-0.05, 0) is 231 Å². The first kappa shape index (κ1) is 78.7. The molecule has 0 saturated heterocycles. The van der Waals surface area contributed by atoms with E-state index in [0.29, 0.717) is 0 Å². The maximum atomic E-state index is 7.55. The van der Waals surface area contributed by atoms with E-state index in [1.807, 2.05) is 24.3 Å². The summed E-state index contributed by atoms with van der Waals surface area (Å²) in [5.74, 6) is 0. The molecule has 100 heavy (non-hydrogen) atoms. The summed E-state index contributed by atoms with van der Waals surface area (Å²) >= 11 is 12.6. The first-order valence-corrected chi connectivity index (χ1v) is 48.8. The van der Waals surface area contributed by atoms with Crippen LogP contribution in [0.15, 0.2) is 243 Å². The summed E-state index contributed by atoms with van der Waals surface area (Å²) in [6.45, 7) is 41.2. The van der Waals surface area contributed by atoms with Crippen LogP contribution < -0.4 is 0 Å². The van der Waals surface area contributed by atoms with Crippen molar-refractivity contribution in [2.45, 2.75) is 241 Å². The smallest absolute Gasteiger partial charge is 0.194 e. The quantitative estimate of drug-likeness (QED) is 0.0362. The van der Waals surface area contributed by atoms with E-state index in [1.165, 1.54) is 44.5 Å². The van der Waals surface area contributed by atoms with Crippen LogP contribution in [0.3, 0.4) is 0 Å². The molecule has 0 fully saturated rings. The number of benzene rings is 6. The lowest BCUT2D eigenvalue weighted by Gasteiger charge is -2.46. The standard InChI is InChI=1S/C46H62O2Si2.C44H56Cl2O2Si2/c1-11-49(12-2,13-3)47-45(41-23-19-38(8)20-24-41)33-35-46(36-34-45,48-50(14-4,15-5)16-6)42-27-25-40(26-28-42)44(10)31-29-43(9,30-32-44)39-21-17-37(7)18-22-39;1-9-49(10-2,11-3)47-43(31-33-44(34-32-43,38-21-25-40(46)26-22-38)48-50(12-4,13-5)14-6)37-17-15-35(16-18-37)41(7)27-29-42(8,30-28-41)36-19-23-39(45)24-20-36/h17-36H,11-16H2,1-10H3;15-34H,9-14H2,1-8H3. The van der Waals surface area contributed by atoms with Crippen LogP contribution in [0, 0.1) is 13.8 Å². The van der Waals surface area contributed by atoms with Gasteiger partial charge in [-0.1, -0.05) is 287 Å². The fourth-order valence-electron chi connectivity index (χ4n) is 15.6. The molecule has 10 rings (SSSR count). The third kappa shape index (κ3) is 16.2. The Hall–Kier alpha value is -5.47. The Labute approximate surface area is 619 Å². The zero-order valence-corrected chi connectivity index (χ0v) is 69.5. The Morgan fingerprint density at radius 1 is 0.220 bits per heavy atom. The Morgan fingerprint density at radius 3 is 0.540 bits per heavy atom. The van der Waals surface area contributed by atoms with E-state index in [2.05, 4.69) is 343 Å². The Bertz CT molecular complexity index is 3590. The average molecular weight is 1450 g/mol. The van der Waals surface area contributed by atoms with Gasteiger partial charge in [-0.3, -0.25) is 0 Å². The van der Waals surface area contributed by atoms with Gasteiger partial charge < -0.3 is 17.7 Å². The van der Waals surface area contributed by atoms with E-state index in [4.69, 9.17) is 40.9 Å². The molecule has 0 spiro atoms. The molecule has 0 saturated carbocycles. The minimum Gasteiger partial charge on any atom is -0.401 e. The van der Waals surface area contributed by atoms with Crippen molar-refractivity contribution in [1.82, 2.24) is 0 Å². The Balaban J connectivity index is 0.000000233. The van der Waals surface area contributed by atoms with E-state index in [1.54, 1.807) is 0 Å². The minimum atomic E-state index is -2.06. The number of aryl methyl sites for hydroxylation is 2. The second kappa shape index (κ2) is 31.9. The molecule has 0 radical (unpaired) electrons. The summed E-state index contributed by atoms with van der Waals surface area (Å²) in [5.41, 5.74) is 8.92. The van der Waals surface area contributed by atoms with Crippen molar-refractivity contribution in [1.29, 1.82) is 0 Å². The third-order valence-corrected chi connectivity index (χ3v) is 43.6. The molecule has 6 aromatic carbocycles. The number of allylic oxidation sites excluding steroid dienone is 8. The predicted molar refractivity (Wildman–Crippen MR) is 441 cm³/mol. The van der Waals surface area contributed by atoms with Crippen molar-refractivity contribution in [2.24, 2.45) is 0 Å². The van der Waals surface area contributed by atoms with E-state index >= 15 is 0 Å². The number of hydrogen-bond acceptors (Lipinski definition) is 4. The van der Waals surface area contributed by atoms with E-state index in [0.717, 1.165) is 93.7 Å². The lowest BCUT2D eigenvalue weighted by atomic mass is 9.70. The van der Waals surface area contributed by atoms with Gasteiger partial charge in [0.1, 0.15) is 22.4 Å². The average Bonchev–Trinajstić information content (AvgIpc) is 0.749. The second-order valence-corrected chi connectivity index (χ2v) is 49.9. The molecular weight excluding hydrogens is 1330 g/mol. The minimum absolute atomic E-state index is 0.114. The molecule has 0 heterocycles. The van der Waals surface area contributed by atoms with Gasteiger partial charge >= 0.3 is 0 Å². The van der Waals surface area contributed by atoms with Crippen molar-refractivity contribution < 1.29 is 17.7 Å². The lowest BCUT2D eigenvalue weighted by Crippen LogP contribution is -2.48. The van der Waals surface area contributed by atoms with Crippen LogP contribution in [-0.4, -0.2) is 33.3 Å². The van der Waals surface area contributed by atoms with Gasteiger partial charge in [0.15, 0.2) is 33.3 Å². The van der Waals surface area contributed by atoms with E-state index in [-0.39, 0.29) is 21.7 Å². The highest BCUT2D eigenvalue weighted by Crippen LogP contribution is 2.50. The summed E-state index contributed by atoms with van der Waals surface area (Å²) in [6.07, 6.45) is 37.4.